The lowest BCUT2D eigenvalue weighted by Crippen LogP contribution is -2.31. The van der Waals surface area contributed by atoms with E-state index < -0.39 is 0 Å². The van der Waals surface area contributed by atoms with Crippen molar-refractivity contribution in [3.63, 3.8) is 0 Å². The maximum atomic E-state index is 11.7. The molecule has 1 heterocycles. The molecule has 4 heteroatoms. The predicted molar refractivity (Wildman–Crippen MR) is 61.9 cm³/mol. The van der Waals surface area contributed by atoms with E-state index in [1.807, 2.05) is 7.05 Å². The molecule has 0 unspecified atom stereocenters. The van der Waals surface area contributed by atoms with Crippen LogP contribution in [0, 0.1) is 0 Å². The van der Waals surface area contributed by atoms with Crippen LogP contribution in [0.1, 0.15) is 28.9 Å². The Morgan fingerprint density at radius 2 is 2.12 bits per heavy atom. The molecule has 1 aliphatic rings. The summed E-state index contributed by atoms with van der Waals surface area (Å²) in [7, 11) is 1.85. The van der Waals surface area contributed by atoms with Crippen molar-refractivity contribution < 1.29 is 4.79 Å². The first-order chi connectivity index (χ1) is 7.74. The van der Waals surface area contributed by atoms with Crippen molar-refractivity contribution in [3.8, 4) is 0 Å². The van der Waals surface area contributed by atoms with Crippen molar-refractivity contribution in [3.05, 3.63) is 33.7 Å². The Morgan fingerprint density at radius 3 is 2.88 bits per heavy atom. The van der Waals surface area contributed by atoms with Crippen LogP contribution in [0.25, 0.3) is 0 Å². The number of rotatable bonds is 3. The third-order valence-electron chi connectivity index (χ3n) is 3.00. The largest absolute Gasteiger partial charge is 0.318 e. The third-order valence-corrected chi connectivity index (χ3v) is 3.00. The maximum absolute atomic E-state index is 11.7. The summed E-state index contributed by atoms with van der Waals surface area (Å²) in [5, 5.41) is 3.02. The molecule has 1 aromatic heterocycles. The second-order valence-corrected chi connectivity index (χ2v) is 4.06. The number of Topliss-reactive ketones (excluding diaryl/α,β-unsaturated/α-hetero) is 1. The van der Waals surface area contributed by atoms with Gasteiger partial charge in [0, 0.05) is 36.8 Å². The van der Waals surface area contributed by atoms with Gasteiger partial charge in [-0.05, 0) is 26.0 Å². The Hall–Kier alpha value is -1.42. The first kappa shape index (κ1) is 11.1. The fourth-order valence-electron chi connectivity index (χ4n) is 2.16. The molecule has 0 amide bonds. The number of carbonyl (C=O) groups is 1. The van der Waals surface area contributed by atoms with E-state index in [2.05, 4.69) is 5.32 Å². The van der Waals surface area contributed by atoms with Gasteiger partial charge in [0.25, 0.3) is 5.56 Å². The van der Waals surface area contributed by atoms with Gasteiger partial charge in [0.15, 0.2) is 5.78 Å². The second kappa shape index (κ2) is 4.61. The van der Waals surface area contributed by atoms with Crippen LogP contribution < -0.4 is 10.9 Å². The van der Waals surface area contributed by atoms with Crippen LogP contribution in [0.2, 0.25) is 0 Å². The number of aromatic nitrogens is 1. The van der Waals surface area contributed by atoms with E-state index in [0.717, 1.165) is 30.6 Å². The number of pyridine rings is 1. The summed E-state index contributed by atoms with van der Waals surface area (Å²) in [5.74, 6) is 0.166. The van der Waals surface area contributed by atoms with Crippen molar-refractivity contribution >= 4 is 5.78 Å². The SMILES string of the molecule is CNCCn1c2c(ccc1=O)C(=O)CCC2. The normalized spacial score (nSPS) is 14.9. The number of likely N-dealkylation sites (N-methyl/N-ethyl adjacent to an activating group) is 1. The summed E-state index contributed by atoms with van der Waals surface area (Å²) in [6.45, 7) is 1.37. The van der Waals surface area contributed by atoms with E-state index in [1.165, 1.54) is 6.07 Å². The number of carbonyl (C=O) groups excluding carboxylic acids is 1. The van der Waals surface area contributed by atoms with Crippen LogP contribution in [-0.4, -0.2) is 23.9 Å². The minimum Gasteiger partial charge on any atom is -0.318 e. The Labute approximate surface area is 94.3 Å². The van der Waals surface area contributed by atoms with Crippen molar-refractivity contribution in [2.75, 3.05) is 13.6 Å². The monoisotopic (exact) mass is 220 g/mol. The van der Waals surface area contributed by atoms with Crippen molar-refractivity contribution in [1.29, 1.82) is 0 Å². The Balaban J connectivity index is 2.46. The van der Waals surface area contributed by atoms with Gasteiger partial charge >= 0.3 is 0 Å². The van der Waals surface area contributed by atoms with Gasteiger partial charge in [0.05, 0.1) is 0 Å². The number of nitrogens with zero attached hydrogens (tertiary/aromatic N) is 1. The van der Waals surface area contributed by atoms with E-state index in [1.54, 1.807) is 10.6 Å². The quantitative estimate of drug-likeness (QED) is 0.811. The Bertz CT molecular complexity index is 463. The molecule has 0 aliphatic heterocycles. The molecule has 0 bridgehead atoms. The summed E-state index contributed by atoms with van der Waals surface area (Å²) in [6.07, 6.45) is 2.30. The Morgan fingerprint density at radius 1 is 1.31 bits per heavy atom. The molecule has 16 heavy (non-hydrogen) atoms. The van der Waals surface area contributed by atoms with Crippen molar-refractivity contribution in [1.82, 2.24) is 9.88 Å². The number of hydrogen-bond donors (Lipinski definition) is 1. The summed E-state index contributed by atoms with van der Waals surface area (Å²) >= 11 is 0. The van der Waals surface area contributed by atoms with Crippen LogP contribution in [0.3, 0.4) is 0 Å². The molecule has 0 fully saturated rings. The fourth-order valence-corrected chi connectivity index (χ4v) is 2.16. The average molecular weight is 220 g/mol. The molecule has 0 spiro atoms. The lowest BCUT2D eigenvalue weighted by molar-refractivity contribution is 0.0970. The molecule has 0 saturated carbocycles. The first-order valence-electron chi connectivity index (χ1n) is 5.64. The van der Waals surface area contributed by atoms with E-state index >= 15 is 0 Å². The number of nitrogens with one attached hydrogen (secondary N) is 1. The summed E-state index contributed by atoms with van der Waals surface area (Å²) in [5.41, 5.74) is 1.64. The zero-order chi connectivity index (χ0) is 11.5. The maximum Gasteiger partial charge on any atom is 0.250 e. The van der Waals surface area contributed by atoms with E-state index in [-0.39, 0.29) is 11.3 Å². The number of hydrogen-bond acceptors (Lipinski definition) is 3. The molecule has 86 valence electrons. The van der Waals surface area contributed by atoms with Gasteiger partial charge < -0.3 is 9.88 Å². The molecule has 0 aromatic carbocycles. The molecule has 4 nitrogen and oxygen atoms in total. The van der Waals surface area contributed by atoms with Gasteiger partial charge in [-0.2, -0.15) is 0 Å². The second-order valence-electron chi connectivity index (χ2n) is 4.06. The molecular weight excluding hydrogens is 204 g/mol. The van der Waals surface area contributed by atoms with Gasteiger partial charge in [-0.15, -0.1) is 0 Å². The molecule has 1 N–H and O–H groups in total. The van der Waals surface area contributed by atoms with Crippen molar-refractivity contribution in [2.24, 2.45) is 0 Å². The summed E-state index contributed by atoms with van der Waals surface area (Å²) in [6, 6.07) is 3.17. The highest BCUT2D eigenvalue weighted by molar-refractivity contribution is 5.97. The molecule has 1 aliphatic carbocycles. The van der Waals surface area contributed by atoms with E-state index in [4.69, 9.17) is 0 Å². The minimum atomic E-state index is -0.0105. The fraction of sp³-hybridized carbons (Fsp3) is 0.500. The van der Waals surface area contributed by atoms with Crippen molar-refractivity contribution in [2.45, 2.75) is 25.8 Å². The zero-order valence-corrected chi connectivity index (χ0v) is 9.45. The minimum absolute atomic E-state index is 0.0105. The molecule has 2 rings (SSSR count). The molecule has 0 atom stereocenters. The Kier molecular flexibility index (Phi) is 3.19. The smallest absolute Gasteiger partial charge is 0.250 e. The topological polar surface area (TPSA) is 51.1 Å². The van der Waals surface area contributed by atoms with Gasteiger partial charge in [-0.3, -0.25) is 9.59 Å². The van der Waals surface area contributed by atoms with Crippen LogP contribution in [-0.2, 0) is 13.0 Å². The van der Waals surface area contributed by atoms with Crippen LogP contribution >= 0.6 is 0 Å². The third kappa shape index (κ3) is 1.93. The zero-order valence-electron chi connectivity index (χ0n) is 9.45. The highest BCUT2D eigenvalue weighted by atomic mass is 16.1. The average Bonchev–Trinajstić information content (AvgIpc) is 2.28. The van der Waals surface area contributed by atoms with Gasteiger partial charge in [0.1, 0.15) is 0 Å². The lowest BCUT2D eigenvalue weighted by Gasteiger charge is -2.19. The van der Waals surface area contributed by atoms with Gasteiger partial charge in [-0.25, -0.2) is 0 Å². The lowest BCUT2D eigenvalue weighted by atomic mass is 9.94. The van der Waals surface area contributed by atoms with Gasteiger partial charge in [-0.1, -0.05) is 0 Å². The molecular formula is C12H16N2O2. The number of ketones is 1. The predicted octanol–water partition coefficient (Wildman–Crippen LogP) is 0.587. The molecule has 0 saturated heterocycles. The summed E-state index contributed by atoms with van der Waals surface area (Å²) in [4.78, 5) is 23.4. The van der Waals surface area contributed by atoms with Crippen LogP contribution in [0.4, 0.5) is 0 Å². The molecule has 0 radical (unpaired) electrons. The number of fused-ring (bicyclic) bond motifs is 1. The van der Waals surface area contributed by atoms with Crippen LogP contribution in [0.5, 0.6) is 0 Å². The van der Waals surface area contributed by atoms with E-state index in [9.17, 15) is 9.59 Å². The molecule has 1 aromatic rings. The van der Waals surface area contributed by atoms with Crippen LogP contribution in [0.15, 0.2) is 16.9 Å². The van der Waals surface area contributed by atoms with Gasteiger partial charge in [0.2, 0.25) is 0 Å². The highest BCUT2D eigenvalue weighted by Gasteiger charge is 2.20. The van der Waals surface area contributed by atoms with E-state index in [0.29, 0.717) is 13.0 Å². The standard InChI is InChI=1S/C12H16N2O2/c1-13-7-8-14-10-3-2-4-11(15)9(10)5-6-12(14)16/h5-6,13H,2-4,7-8H2,1H3. The first-order valence-corrected chi connectivity index (χ1v) is 5.64. The summed E-state index contributed by atoms with van der Waals surface area (Å²) < 4.78 is 1.73. The highest BCUT2D eigenvalue weighted by Crippen LogP contribution is 2.19.